The molecule has 0 atom stereocenters. The molecule has 0 radical (unpaired) electrons. The Hall–Kier alpha value is -0.900. The molecule has 0 aromatic carbocycles. The van der Waals surface area contributed by atoms with Crippen LogP contribution in [0, 0.1) is 23.7 Å². The molecule has 6 heteroatoms. The van der Waals surface area contributed by atoms with Gasteiger partial charge >= 0.3 is 6.18 Å². The number of alkyl halides is 3. The summed E-state index contributed by atoms with van der Waals surface area (Å²) in [4.78, 5) is 2.53. The summed E-state index contributed by atoms with van der Waals surface area (Å²) < 4.78 is 40.1. The summed E-state index contributed by atoms with van der Waals surface area (Å²) >= 11 is 0. The molecule has 3 nitrogen and oxygen atoms in total. The van der Waals surface area contributed by atoms with E-state index in [1.54, 1.807) is 0 Å². The van der Waals surface area contributed by atoms with Crippen molar-refractivity contribution in [2.75, 3.05) is 0 Å². The minimum atomic E-state index is -4.40. The summed E-state index contributed by atoms with van der Waals surface area (Å²) in [5.74, 6) is -0.0898. The Bertz CT molecular complexity index is 356. The van der Waals surface area contributed by atoms with Crippen molar-refractivity contribution in [2.24, 2.45) is 28.8 Å². The van der Waals surface area contributed by atoms with E-state index >= 15 is 0 Å². The smallest absolute Gasteiger partial charge is 0.170 e. The Morgan fingerprint density at radius 1 is 1.00 bits per heavy atom. The Morgan fingerprint density at radius 2 is 1.47 bits per heavy atom. The van der Waals surface area contributed by atoms with Gasteiger partial charge in [-0.05, 0) is 61.3 Å². The molecule has 0 aliphatic heterocycles. The third-order valence-electron chi connectivity index (χ3n) is 5.05. The van der Waals surface area contributed by atoms with Crippen molar-refractivity contribution < 1.29 is 13.2 Å². The van der Waals surface area contributed by atoms with Crippen LogP contribution >= 0.6 is 0 Å². The van der Waals surface area contributed by atoms with Gasteiger partial charge in [0.05, 0.1) is 0 Å². The second kappa shape index (κ2) is 3.31. The van der Waals surface area contributed by atoms with Crippen LogP contribution in [0.25, 0.3) is 10.4 Å². The second-order valence-electron chi connectivity index (χ2n) is 5.82. The molecule has 0 aromatic rings. The second-order valence-corrected chi connectivity index (χ2v) is 5.82. The highest BCUT2D eigenvalue weighted by Gasteiger charge is 2.68. The van der Waals surface area contributed by atoms with E-state index in [0.29, 0.717) is 37.5 Å². The molecular weight excluding hydrogens is 231 g/mol. The van der Waals surface area contributed by atoms with E-state index in [4.69, 9.17) is 5.53 Å². The molecule has 4 fully saturated rings. The summed E-state index contributed by atoms with van der Waals surface area (Å²) in [6.07, 6.45) is -0.965. The molecule has 4 aliphatic rings. The van der Waals surface area contributed by atoms with Crippen LogP contribution in [0.5, 0.6) is 0 Å². The first-order valence-corrected chi connectivity index (χ1v) is 6.10. The number of halogens is 3. The lowest BCUT2D eigenvalue weighted by Crippen LogP contribution is -2.63. The normalized spacial score (nSPS) is 47.9. The predicted molar refractivity (Wildman–Crippen MR) is 55.0 cm³/mol. The van der Waals surface area contributed by atoms with E-state index in [9.17, 15) is 13.2 Å². The zero-order valence-corrected chi connectivity index (χ0v) is 9.32. The number of hydrogen-bond donors (Lipinski definition) is 0. The molecule has 0 saturated heterocycles. The van der Waals surface area contributed by atoms with Crippen LogP contribution in [0.4, 0.5) is 13.2 Å². The average Bonchev–Trinajstić information content (AvgIpc) is 2.20. The lowest BCUT2D eigenvalue weighted by molar-refractivity contribution is -0.251. The van der Waals surface area contributed by atoms with Crippen LogP contribution < -0.4 is 0 Å². The molecule has 17 heavy (non-hydrogen) atoms. The highest BCUT2D eigenvalue weighted by atomic mass is 19.4. The number of hydrogen-bond acceptors (Lipinski definition) is 1. The van der Waals surface area contributed by atoms with Crippen LogP contribution in [-0.4, -0.2) is 11.7 Å². The number of rotatable bonds is 1. The monoisotopic (exact) mass is 245 g/mol. The fourth-order valence-electron chi connectivity index (χ4n) is 4.66. The quantitative estimate of drug-likeness (QED) is 0.380. The zero-order valence-electron chi connectivity index (χ0n) is 9.32. The van der Waals surface area contributed by atoms with E-state index < -0.39 is 23.6 Å². The van der Waals surface area contributed by atoms with Gasteiger partial charge in [0.2, 0.25) is 0 Å². The van der Waals surface area contributed by atoms with E-state index in [0.717, 1.165) is 6.42 Å². The average molecular weight is 245 g/mol. The first kappa shape index (κ1) is 11.2. The molecule has 4 rings (SSSR count). The van der Waals surface area contributed by atoms with Gasteiger partial charge in [0, 0.05) is 4.91 Å². The number of azide groups is 1. The standard InChI is InChI=1S/C11H14F3N3/c12-11(13,14)10(16-17-15)8-2-6-1-7(4-8)5-9(10)3-6/h6-9H,1-5H2. The molecule has 0 unspecified atom stereocenters. The zero-order chi connectivity index (χ0) is 12.3. The Balaban J connectivity index is 2.07. The van der Waals surface area contributed by atoms with Crippen molar-refractivity contribution in [2.45, 2.75) is 43.8 Å². The molecule has 0 aromatic heterocycles. The maximum absolute atomic E-state index is 13.4. The Labute approximate surface area is 97.0 Å². The Morgan fingerprint density at radius 3 is 1.82 bits per heavy atom. The van der Waals surface area contributed by atoms with Crippen LogP contribution in [0.3, 0.4) is 0 Å². The van der Waals surface area contributed by atoms with Crippen molar-refractivity contribution in [3.8, 4) is 0 Å². The van der Waals surface area contributed by atoms with Gasteiger partial charge < -0.3 is 0 Å². The highest BCUT2D eigenvalue weighted by Crippen LogP contribution is 2.64. The molecule has 0 spiro atoms. The molecule has 0 amide bonds. The molecule has 4 saturated carbocycles. The molecule has 0 heterocycles. The third-order valence-corrected chi connectivity index (χ3v) is 5.05. The fourth-order valence-corrected chi connectivity index (χ4v) is 4.66. The lowest BCUT2D eigenvalue weighted by atomic mass is 9.48. The minimum absolute atomic E-state index is 0.432. The van der Waals surface area contributed by atoms with Gasteiger partial charge in [0.1, 0.15) is 5.54 Å². The van der Waals surface area contributed by atoms with Crippen LogP contribution in [0.1, 0.15) is 32.1 Å². The van der Waals surface area contributed by atoms with Crippen LogP contribution in [0.2, 0.25) is 0 Å². The van der Waals surface area contributed by atoms with Crippen molar-refractivity contribution >= 4 is 0 Å². The van der Waals surface area contributed by atoms with Crippen molar-refractivity contribution in [1.82, 2.24) is 0 Å². The van der Waals surface area contributed by atoms with E-state index in [1.807, 2.05) is 0 Å². The largest absolute Gasteiger partial charge is 0.400 e. The van der Waals surface area contributed by atoms with Crippen molar-refractivity contribution in [1.29, 1.82) is 0 Å². The van der Waals surface area contributed by atoms with E-state index in [-0.39, 0.29) is 0 Å². The summed E-state index contributed by atoms with van der Waals surface area (Å²) in [5, 5.41) is 3.28. The summed E-state index contributed by atoms with van der Waals surface area (Å²) in [5.41, 5.74) is 6.44. The Kier molecular flexibility index (Phi) is 2.18. The van der Waals surface area contributed by atoms with Crippen molar-refractivity contribution in [3.63, 3.8) is 0 Å². The maximum Gasteiger partial charge on any atom is 0.400 e. The third kappa shape index (κ3) is 1.33. The topological polar surface area (TPSA) is 48.8 Å². The van der Waals surface area contributed by atoms with Gasteiger partial charge in [0.25, 0.3) is 0 Å². The van der Waals surface area contributed by atoms with E-state index in [1.165, 1.54) is 0 Å². The van der Waals surface area contributed by atoms with Gasteiger partial charge in [-0.15, -0.1) is 0 Å². The minimum Gasteiger partial charge on any atom is -0.170 e. The summed E-state index contributed by atoms with van der Waals surface area (Å²) in [6.45, 7) is 0. The van der Waals surface area contributed by atoms with Crippen LogP contribution in [-0.2, 0) is 0 Å². The molecule has 94 valence electrons. The van der Waals surface area contributed by atoms with Gasteiger partial charge in [0.15, 0.2) is 0 Å². The number of nitrogens with zero attached hydrogens (tertiary/aromatic N) is 3. The van der Waals surface area contributed by atoms with Crippen LogP contribution in [0.15, 0.2) is 5.11 Å². The lowest BCUT2D eigenvalue weighted by Gasteiger charge is -2.59. The summed E-state index contributed by atoms with van der Waals surface area (Å²) in [6, 6.07) is 0. The van der Waals surface area contributed by atoms with Crippen molar-refractivity contribution in [3.05, 3.63) is 10.4 Å². The predicted octanol–water partition coefficient (Wildman–Crippen LogP) is 4.05. The van der Waals surface area contributed by atoms with Gasteiger partial charge in [-0.25, -0.2) is 0 Å². The van der Waals surface area contributed by atoms with E-state index in [2.05, 4.69) is 10.0 Å². The first-order chi connectivity index (χ1) is 7.97. The summed E-state index contributed by atoms with van der Waals surface area (Å²) in [7, 11) is 0. The molecule has 4 aliphatic carbocycles. The van der Waals surface area contributed by atoms with Gasteiger partial charge in [-0.2, -0.15) is 13.2 Å². The molecule has 4 bridgehead atoms. The highest BCUT2D eigenvalue weighted by molar-refractivity contribution is 5.14. The maximum atomic E-state index is 13.4. The molecular formula is C11H14F3N3. The first-order valence-electron chi connectivity index (χ1n) is 6.10. The van der Waals surface area contributed by atoms with Gasteiger partial charge in [-0.1, -0.05) is 5.11 Å². The molecule has 0 N–H and O–H groups in total. The van der Waals surface area contributed by atoms with Gasteiger partial charge in [-0.3, -0.25) is 0 Å². The fraction of sp³-hybridized carbons (Fsp3) is 1.00. The SMILES string of the molecule is [N-]=[N+]=NC1(C(F)(F)F)C2CC3CC(C2)CC1C3.